The van der Waals surface area contributed by atoms with E-state index >= 15 is 0 Å². The molecule has 2 heterocycles. The first-order valence-electron chi connectivity index (χ1n) is 6.89. The second-order valence-corrected chi connectivity index (χ2v) is 5.23. The number of rotatable bonds is 2. The summed E-state index contributed by atoms with van der Waals surface area (Å²) in [6.45, 7) is 0. The van der Waals surface area contributed by atoms with Gasteiger partial charge in [0.15, 0.2) is 6.04 Å². The summed E-state index contributed by atoms with van der Waals surface area (Å²) in [4.78, 5) is 0. The number of nitrogens with one attached hydrogen (secondary N) is 1. The molecule has 1 aromatic carbocycles. The first-order chi connectivity index (χ1) is 10.9. The molecule has 2 atom stereocenters. The lowest BCUT2D eigenvalue weighted by atomic mass is 9.96. The molecule has 0 saturated heterocycles. The summed E-state index contributed by atoms with van der Waals surface area (Å²) >= 11 is 0. The van der Waals surface area contributed by atoms with Gasteiger partial charge in [0.1, 0.15) is 23.2 Å². The third-order valence-corrected chi connectivity index (χ3v) is 3.86. The van der Waals surface area contributed by atoms with Crippen molar-refractivity contribution in [2.24, 2.45) is 0 Å². The van der Waals surface area contributed by atoms with Gasteiger partial charge in [-0.05, 0) is 17.7 Å². The fourth-order valence-electron chi connectivity index (χ4n) is 2.72. The van der Waals surface area contributed by atoms with Gasteiger partial charge in [-0.3, -0.25) is 0 Å². The highest BCUT2D eigenvalue weighted by Crippen LogP contribution is 2.44. The Kier molecular flexibility index (Phi) is 3.64. The van der Waals surface area contributed by atoms with Crippen molar-refractivity contribution in [1.29, 1.82) is 5.26 Å². The Morgan fingerprint density at radius 2 is 2.22 bits per heavy atom. The van der Waals surface area contributed by atoms with Crippen LogP contribution >= 0.6 is 0 Å². The molecule has 3 rings (SSSR count). The molecule has 23 heavy (non-hydrogen) atoms. The van der Waals surface area contributed by atoms with Gasteiger partial charge in [-0.1, -0.05) is 12.1 Å². The lowest BCUT2D eigenvalue weighted by molar-refractivity contribution is -0.173. The van der Waals surface area contributed by atoms with Crippen molar-refractivity contribution in [3.8, 4) is 11.8 Å². The third kappa shape index (κ3) is 2.70. The van der Waals surface area contributed by atoms with E-state index in [0.717, 1.165) is 10.9 Å². The third-order valence-electron chi connectivity index (χ3n) is 3.86. The predicted octanol–water partition coefficient (Wildman–Crippen LogP) is 3.42. The van der Waals surface area contributed by atoms with Crippen LogP contribution in [0.2, 0.25) is 0 Å². The maximum atomic E-state index is 13.4. The molecule has 2 aromatic rings. The van der Waals surface area contributed by atoms with Gasteiger partial charge in [-0.15, -0.1) is 0 Å². The predicted molar refractivity (Wildman–Crippen MR) is 76.0 cm³/mol. The number of ether oxygens (including phenoxy) is 1. The highest BCUT2D eigenvalue weighted by molar-refractivity contribution is 5.55. The highest BCUT2D eigenvalue weighted by Gasteiger charge is 2.46. The first-order valence-corrected chi connectivity index (χ1v) is 6.89. The van der Waals surface area contributed by atoms with Crippen molar-refractivity contribution in [2.75, 3.05) is 12.4 Å². The average molecular weight is 322 g/mol. The lowest BCUT2D eigenvalue weighted by Crippen LogP contribution is -2.35. The van der Waals surface area contributed by atoms with Crippen LogP contribution in [-0.2, 0) is 0 Å². The zero-order valence-electron chi connectivity index (χ0n) is 12.1. The van der Waals surface area contributed by atoms with Gasteiger partial charge in [0.2, 0.25) is 0 Å². The minimum absolute atomic E-state index is 0.0897. The molecule has 0 saturated carbocycles. The van der Waals surface area contributed by atoms with Gasteiger partial charge in [0.25, 0.3) is 0 Å². The number of benzene rings is 1. The van der Waals surface area contributed by atoms with Crippen LogP contribution in [0.15, 0.2) is 30.5 Å². The molecule has 0 amide bonds. The molecule has 8 heteroatoms. The van der Waals surface area contributed by atoms with E-state index in [2.05, 4.69) is 10.4 Å². The Morgan fingerprint density at radius 1 is 1.43 bits per heavy atom. The van der Waals surface area contributed by atoms with Crippen molar-refractivity contribution in [1.82, 2.24) is 9.78 Å². The number of nitrogens with zero attached hydrogens (tertiary/aromatic N) is 3. The number of nitriles is 1. The Bertz CT molecular complexity index is 763. The fourth-order valence-corrected chi connectivity index (χ4v) is 2.72. The van der Waals surface area contributed by atoms with Crippen molar-refractivity contribution in [2.45, 2.75) is 24.7 Å². The molecule has 1 N–H and O–H groups in total. The summed E-state index contributed by atoms with van der Waals surface area (Å²) in [5.41, 5.74) is 0.752. The topological polar surface area (TPSA) is 62.9 Å². The number of methoxy groups -OCH3 is 1. The minimum Gasteiger partial charge on any atom is -0.497 e. The number of anilines is 1. The normalized spacial score (nSPS) is 20.3. The molecule has 0 unspecified atom stereocenters. The maximum absolute atomic E-state index is 13.4. The lowest BCUT2D eigenvalue weighted by Gasteiger charge is -2.33. The van der Waals surface area contributed by atoms with E-state index in [4.69, 9.17) is 10.00 Å². The highest BCUT2D eigenvalue weighted by atomic mass is 19.4. The summed E-state index contributed by atoms with van der Waals surface area (Å²) in [6.07, 6.45) is -3.52. The Labute approximate surface area is 130 Å². The van der Waals surface area contributed by atoms with Crippen LogP contribution in [0.5, 0.6) is 5.75 Å². The summed E-state index contributed by atoms with van der Waals surface area (Å²) in [6, 6.07) is 6.34. The molecule has 1 aliphatic rings. The smallest absolute Gasteiger partial charge is 0.410 e. The van der Waals surface area contributed by atoms with E-state index < -0.39 is 18.3 Å². The van der Waals surface area contributed by atoms with Gasteiger partial charge >= 0.3 is 6.18 Å². The molecule has 0 bridgehead atoms. The van der Waals surface area contributed by atoms with E-state index in [1.165, 1.54) is 7.11 Å². The molecule has 0 aliphatic carbocycles. The Hall–Kier alpha value is -2.69. The molecule has 1 aromatic heterocycles. The van der Waals surface area contributed by atoms with Gasteiger partial charge in [-0.2, -0.15) is 23.5 Å². The quantitative estimate of drug-likeness (QED) is 0.920. The van der Waals surface area contributed by atoms with Gasteiger partial charge in [-0.25, -0.2) is 4.68 Å². The summed E-state index contributed by atoms with van der Waals surface area (Å²) < 4.78 is 46.1. The van der Waals surface area contributed by atoms with Crippen LogP contribution < -0.4 is 10.1 Å². The number of halogens is 3. The number of hydrogen-bond acceptors (Lipinski definition) is 4. The van der Waals surface area contributed by atoms with Crippen LogP contribution in [-0.4, -0.2) is 23.1 Å². The largest absolute Gasteiger partial charge is 0.497 e. The molecule has 5 nitrogen and oxygen atoms in total. The average Bonchev–Trinajstić information content (AvgIpc) is 2.96. The Balaban J connectivity index is 2.04. The second kappa shape index (κ2) is 5.50. The van der Waals surface area contributed by atoms with Crippen molar-refractivity contribution < 1.29 is 17.9 Å². The van der Waals surface area contributed by atoms with E-state index in [0.29, 0.717) is 11.3 Å². The summed E-state index contributed by atoms with van der Waals surface area (Å²) in [7, 11) is 1.49. The first kappa shape index (κ1) is 15.2. The summed E-state index contributed by atoms with van der Waals surface area (Å²) in [5, 5.41) is 15.8. The molecule has 0 radical (unpaired) electrons. The van der Waals surface area contributed by atoms with Crippen molar-refractivity contribution in [3.63, 3.8) is 0 Å². The molecular weight excluding hydrogens is 309 g/mol. The van der Waals surface area contributed by atoms with Crippen LogP contribution in [0, 0.1) is 11.3 Å². The van der Waals surface area contributed by atoms with E-state index in [1.807, 2.05) is 6.07 Å². The van der Waals surface area contributed by atoms with E-state index in [1.54, 1.807) is 24.3 Å². The van der Waals surface area contributed by atoms with Crippen molar-refractivity contribution >= 4 is 5.82 Å². The van der Waals surface area contributed by atoms with Crippen LogP contribution in [0.3, 0.4) is 0 Å². The zero-order chi connectivity index (χ0) is 16.6. The molecule has 0 spiro atoms. The van der Waals surface area contributed by atoms with Crippen LogP contribution in [0.25, 0.3) is 0 Å². The van der Waals surface area contributed by atoms with Crippen LogP contribution in [0.1, 0.15) is 29.6 Å². The number of hydrogen-bond donors (Lipinski definition) is 1. The monoisotopic (exact) mass is 322 g/mol. The number of aromatic nitrogens is 2. The van der Waals surface area contributed by atoms with Gasteiger partial charge in [0.05, 0.1) is 19.3 Å². The molecule has 120 valence electrons. The maximum Gasteiger partial charge on any atom is 0.410 e. The SMILES string of the molecule is COc1cccc([C@@H]2C[C@@H](C(F)(F)F)n3ncc(C#N)c3N2)c1. The zero-order valence-corrected chi connectivity index (χ0v) is 12.1. The van der Waals surface area contributed by atoms with E-state index in [-0.39, 0.29) is 17.8 Å². The van der Waals surface area contributed by atoms with Gasteiger partial charge in [0, 0.05) is 6.42 Å². The molecular formula is C15H13F3N4O. The number of fused-ring (bicyclic) bond motifs is 1. The van der Waals surface area contributed by atoms with Crippen LogP contribution in [0.4, 0.5) is 19.0 Å². The van der Waals surface area contributed by atoms with Crippen molar-refractivity contribution in [3.05, 3.63) is 41.6 Å². The Morgan fingerprint density at radius 3 is 2.87 bits per heavy atom. The fraction of sp³-hybridized carbons (Fsp3) is 0.333. The minimum atomic E-state index is -4.45. The second-order valence-electron chi connectivity index (χ2n) is 5.23. The molecule has 1 aliphatic heterocycles. The summed E-state index contributed by atoms with van der Waals surface area (Å²) in [5.74, 6) is 0.654. The van der Waals surface area contributed by atoms with Gasteiger partial charge < -0.3 is 10.1 Å². The molecule has 0 fully saturated rings. The standard InChI is InChI=1S/C15H13F3N4O/c1-23-11-4-2-3-9(5-11)12-6-13(15(16,17)18)22-14(21-12)10(7-19)8-20-22/h2-5,8,12-13,21H,6H2,1H3/t12-,13-/m0/s1. The van der Waals surface area contributed by atoms with E-state index in [9.17, 15) is 13.2 Å². The number of alkyl halides is 3.